The molecule has 0 aliphatic rings. The Morgan fingerprint density at radius 2 is 2.53 bits per heavy atom. The number of hydrogen-bond acceptors (Lipinski definition) is 4. The second-order valence-electron chi connectivity index (χ2n) is 2.81. The van der Waals surface area contributed by atoms with Gasteiger partial charge in [-0.05, 0) is 12.1 Å². The molecule has 0 aliphatic heterocycles. The molecule has 78 valence electrons. The van der Waals surface area contributed by atoms with Gasteiger partial charge in [0.25, 0.3) is 0 Å². The Hall–Kier alpha value is -1.49. The molecule has 0 amide bonds. The second kappa shape index (κ2) is 4.84. The van der Waals surface area contributed by atoms with Crippen LogP contribution in [0, 0.1) is 0 Å². The quantitative estimate of drug-likeness (QED) is 0.450. The summed E-state index contributed by atoms with van der Waals surface area (Å²) in [4.78, 5) is 10.0. The first-order valence-corrected chi connectivity index (χ1v) is 5.50. The summed E-state index contributed by atoms with van der Waals surface area (Å²) < 4.78 is 2.00. The molecule has 0 saturated carbocycles. The van der Waals surface area contributed by atoms with Crippen LogP contribution in [0.15, 0.2) is 40.8 Å². The molecule has 2 rings (SSSR count). The van der Waals surface area contributed by atoms with Crippen LogP contribution in [0.5, 0.6) is 0 Å². The monoisotopic (exact) mass is 221 g/mol. The largest absolute Gasteiger partial charge is 0.399 e. The Bertz CT molecular complexity index is 466. The van der Waals surface area contributed by atoms with Gasteiger partial charge in [-0.25, -0.2) is 4.98 Å². The van der Waals surface area contributed by atoms with Crippen LogP contribution in [-0.2, 0) is 4.84 Å². The molecule has 0 aliphatic carbocycles. The summed E-state index contributed by atoms with van der Waals surface area (Å²) in [5, 5.41) is 3.68. The van der Waals surface area contributed by atoms with Crippen LogP contribution in [0.25, 0.3) is 5.65 Å². The lowest BCUT2D eigenvalue weighted by Gasteiger charge is -2.00. The van der Waals surface area contributed by atoms with E-state index in [2.05, 4.69) is 15.0 Å². The number of imidazole rings is 1. The number of fused-ring (bicyclic) bond motifs is 1. The topological polar surface area (TPSA) is 38.9 Å². The summed E-state index contributed by atoms with van der Waals surface area (Å²) in [5.74, 6) is 0.778. The molecule has 4 nitrogen and oxygen atoms in total. The Labute approximate surface area is 92.0 Å². The van der Waals surface area contributed by atoms with E-state index in [9.17, 15) is 0 Å². The van der Waals surface area contributed by atoms with E-state index in [0.717, 1.165) is 16.3 Å². The predicted molar refractivity (Wildman–Crippen MR) is 61.4 cm³/mol. The molecule has 0 spiro atoms. The highest BCUT2D eigenvalue weighted by molar-refractivity contribution is 8.00. The molecule has 2 aromatic rings. The van der Waals surface area contributed by atoms with E-state index < -0.39 is 0 Å². The van der Waals surface area contributed by atoms with E-state index in [0.29, 0.717) is 0 Å². The minimum absolute atomic E-state index is 0.778. The summed E-state index contributed by atoms with van der Waals surface area (Å²) >= 11 is 1.68. The third kappa shape index (κ3) is 2.30. The van der Waals surface area contributed by atoms with Crippen LogP contribution in [-0.4, -0.2) is 28.5 Å². The molecule has 15 heavy (non-hydrogen) atoms. The van der Waals surface area contributed by atoms with Gasteiger partial charge in [0.15, 0.2) is 0 Å². The van der Waals surface area contributed by atoms with Crippen LogP contribution in [0.2, 0.25) is 0 Å². The van der Waals surface area contributed by atoms with Gasteiger partial charge >= 0.3 is 0 Å². The molecule has 0 radical (unpaired) electrons. The highest BCUT2D eigenvalue weighted by Crippen LogP contribution is 2.21. The Morgan fingerprint density at radius 3 is 3.40 bits per heavy atom. The van der Waals surface area contributed by atoms with Gasteiger partial charge in [0.1, 0.15) is 12.8 Å². The number of oxime groups is 1. The van der Waals surface area contributed by atoms with Crippen molar-refractivity contribution in [2.24, 2.45) is 5.16 Å². The molecule has 0 fully saturated rings. The van der Waals surface area contributed by atoms with E-state index in [1.54, 1.807) is 24.2 Å². The van der Waals surface area contributed by atoms with Gasteiger partial charge in [0, 0.05) is 24.3 Å². The lowest BCUT2D eigenvalue weighted by molar-refractivity contribution is 0.215. The fourth-order valence-electron chi connectivity index (χ4n) is 1.27. The molecule has 2 heterocycles. The summed E-state index contributed by atoms with van der Waals surface area (Å²) in [6.07, 6.45) is 7.44. The molecule has 5 heteroatoms. The summed E-state index contributed by atoms with van der Waals surface area (Å²) in [6.45, 7) is 0. The number of aromatic nitrogens is 2. The van der Waals surface area contributed by atoms with Gasteiger partial charge in [-0.2, -0.15) is 0 Å². The molecular weight excluding hydrogens is 210 g/mol. The third-order valence-electron chi connectivity index (χ3n) is 1.88. The van der Waals surface area contributed by atoms with E-state index in [4.69, 9.17) is 0 Å². The molecule has 0 N–H and O–H groups in total. The van der Waals surface area contributed by atoms with Crippen molar-refractivity contribution in [2.45, 2.75) is 4.90 Å². The average Bonchev–Trinajstić information content (AvgIpc) is 2.73. The molecule has 0 bridgehead atoms. The molecular formula is C10H11N3OS. The Morgan fingerprint density at radius 1 is 1.60 bits per heavy atom. The van der Waals surface area contributed by atoms with Gasteiger partial charge in [0.2, 0.25) is 0 Å². The maximum atomic E-state index is 4.59. The standard InChI is InChI=1S/C10H11N3OS/c1-14-12-5-8-15-9-3-2-6-13-7-4-11-10(9)13/h2-7H,8H2,1H3. The van der Waals surface area contributed by atoms with Crippen LogP contribution in [0.3, 0.4) is 0 Å². The first-order chi connectivity index (χ1) is 7.42. The summed E-state index contributed by atoms with van der Waals surface area (Å²) in [5.41, 5.74) is 0.980. The van der Waals surface area contributed by atoms with Crippen molar-refractivity contribution in [3.05, 3.63) is 30.7 Å². The van der Waals surface area contributed by atoms with Gasteiger partial charge in [-0.15, -0.1) is 11.8 Å². The van der Waals surface area contributed by atoms with Crippen molar-refractivity contribution in [3.63, 3.8) is 0 Å². The van der Waals surface area contributed by atoms with Crippen molar-refractivity contribution in [1.29, 1.82) is 0 Å². The minimum Gasteiger partial charge on any atom is -0.399 e. The van der Waals surface area contributed by atoms with Crippen LogP contribution in [0.4, 0.5) is 0 Å². The fourth-order valence-corrected chi connectivity index (χ4v) is 2.04. The first kappa shape index (κ1) is 10.0. The maximum absolute atomic E-state index is 4.59. The molecule has 0 unspecified atom stereocenters. The lowest BCUT2D eigenvalue weighted by atomic mass is 10.5. The zero-order valence-corrected chi connectivity index (χ0v) is 9.15. The Balaban J connectivity index is 2.13. The van der Waals surface area contributed by atoms with E-state index in [1.807, 2.05) is 28.9 Å². The summed E-state index contributed by atoms with van der Waals surface area (Å²) in [7, 11) is 1.54. The van der Waals surface area contributed by atoms with E-state index >= 15 is 0 Å². The van der Waals surface area contributed by atoms with Gasteiger partial charge in [-0.3, -0.25) is 0 Å². The van der Waals surface area contributed by atoms with Crippen molar-refractivity contribution in [2.75, 3.05) is 12.9 Å². The van der Waals surface area contributed by atoms with Crippen molar-refractivity contribution >= 4 is 23.6 Å². The van der Waals surface area contributed by atoms with E-state index in [1.165, 1.54) is 7.11 Å². The SMILES string of the molecule is CON=CCSc1cccn2ccnc12. The molecule has 0 atom stereocenters. The zero-order valence-electron chi connectivity index (χ0n) is 8.33. The van der Waals surface area contributed by atoms with Gasteiger partial charge in [-0.1, -0.05) is 5.16 Å². The van der Waals surface area contributed by atoms with Gasteiger partial charge < -0.3 is 9.24 Å². The minimum atomic E-state index is 0.778. The molecule has 0 saturated heterocycles. The lowest BCUT2D eigenvalue weighted by Crippen LogP contribution is -1.87. The van der Waals surface area contributed by atoms with Crippen LogP contribution < -0.4 is 0 Å². The molecule has 0 aromatic carbocycles. The number of rotatable bonds is 4. The zero-order chi connectivity index (χ0) is 10.5. The second-order valence-corrected chi connectivity index (χ2v) is 3.87. The number of nitrogens with zero attached hydrogens (tertiary/aromatic N) is 3. The average molecular weight is 221 g/mol. The first-order valence-electron chi connectivity index (χ1n) is 4.51. The third-order valence-corrected chi connectivity index (χ3v) is 2.82. The maximum Gasteiger partial charge on any atom is 0.150 e. The number of hydrogen-bond donors (Lipinski definition) is 0. The van der Waals surface area contributed by atoms with E-state index in [-0.39, 0.29) is 0 Å². The number of thioether (sulfide) groups is 1. The smallest absolute Gasteiger partial charge is 0.150 e. The molecule has 2 aromatic heterocycles. The van der Waals surface area contributed by atoms with Crippen molar-refractivity contribution in [1.82, 2.24) is 9.38 Å². The van der Waals surface area contributed by atoms with Crippen LogP contribution >= 0.6 is 11.8 Å². The van der Waals surface area contributed by atoms with Crippen molar-refractivity contribution in [3.8, 4) is 0 Å². The Kier molecular flexibility index (Phi) is 3.24. The predicted octanol–water partition coefficient (Wildman–Crippen LogP) is 2.06. The highest BCUT2D eigenvalue weighted by Gasteiger charge is 2.00. The number of pyridine rings is 1. The summed E-state index contributed by atoms with van der Waals surface area (Å²) in [6, 6.07) is 4.05. The fraction of sp³-hybridized carbons (Fsp3) is 0.200. The highest BCUT2D eigenvalue weighted by atomic mass is 32.2. The van der Waals surface area contributed by atoms with Gasteiger partial charge in [0.05, 0.1) is 11.1 Å². The normalized spacial score (nSPS) is 11.3. The van der Waals surface area contributed by atoms with Crippen LogP contribution in [0.1, 0.15) is 0 Å². The van der Waals surface area contributed by atoms with Crippen molar-refractivity contribution < 1.29 is 4.84 Å².